The molecule has 0 amide bonds. The molecule has 0 fully saturated rings. The normalized spacial score (nSPS) is 12.2. The van der Waals surface area contributed by atoms with Gasteiger partial charge in [-0.25, -0.2) is 0 Å². The minimum absolute atomic E-state index is 0.641. The molecule has 0 aliphatic heterocycles. The molecule has 0 saturated carbocycles. The van der Waals surface area contributed by atoms with Crippen LogP contribution in [0.15, 0.2) is 18.2 Å². The first-order valence-corrected chi connectivity index (χ1v) is 9.01. The highest BCUT2D eigenvalue weighted by atomic mass is 16.4. The van der Waals surface area contributed by atoms with E-state index >= 15 is 0 Å². The van der Waals surface area contributed by atoms with Crippen molar-refractivity contribution >= 4 is 11.9 Å². The highest BCUT2D eigenvalue weighted by Crippen LogP contribution is 2.27. The molecule has 0 radical (unpaired) electrons. The van der Waals surface area contributed by atoms with E-state index < -0.39 is 22.8 Å². The first kappa shape index (κ1) is 21.2. The number of rotatable bonds is 10. The summed E-state index contributed by atoms with van der Waals surface area (Å²) < 4.78 is 0. The van der Waals surface area contributed by atoms with Gasteiger partial charge in [-0.3, -0.25) is 9.59 Å². The third-order valence-corrected chi connectivity index (χ3v) is 5.14. The standard InChI is InChI=1S/C21H32O4/c1-15-9-6-10-16(11-7-13-20(2,3)18(22)23)17(15)12-8-14-21(4,5)19(24)25/h6,9-10H,7-8,11-14H2,1-5H3,(H,22,23)(H,24,25). The summed E-state index contributed by atoms with van der Waals surface area (Å²) in [7, 11) is 0. The zero-order valence-corrected chi connectivity index (χ0v) is 16.2. The Hall–Kier alpha value is -1.84. The maximum absolute atomic E-state index is 11.2. The number of hydrogen-bond acceptors (Lipinski definition) is 2. The number of hydrogen-bond donors (Lipinski definition) is 2. The van der Waals surface area contributed by atoms with Crippen LogP contribution in [-0.2, 0) is 22.4 Å². The van der Waals surface area contributed by atoms with E-state index in [2.05, 4.69) is 19.1 Å². The molecule has 25 heavy (non-hydrogen) atoms. The predicted molar refractivity (Wildman–Crippen MR) is 99.9 cm³/mol. The fourth-order valence-electron chi connectivity index (χ4n) is 3.00. The van der Waals surface area contributed by atoms with Gasteiger partial charge >= 0.3 is 11.9 Å². The van der Waals surface area contributed by atoms with Crippen molar-refractivity contribution in [2.45, 2.75) is 73.1 Å². The number of carbonyl (C=O) groups is 2. The van der Waals surface area contributed by atoms with E-state index in [9.17, 15) is 19.8 Å². The molecule has 0 atom stereocenters. The smallest absolute Gasteiger partial charge is 0.309 e. The highest BCUT2D eigenvalue weighted by molar-refractivity contribution is 5.73. The zero-order chi connectivity index (χ0) is 19.3. The molecule has 1 aromatic rings. The Kier molecular flexibility index (Phi) is 7.21. The van der Waals surface area contributed by atoms with E-state index in [1.165, 1.54) is 16.7 Å². The van der Waals surface area contributed by atoms with Crippen molar-refractivity contribution in [3.05, 3.63) is 34.9 Å². The van der Waals surface area contributed by atoms with E-state index in [1.54, 1.807) is 27.7 Å². The van der Waals surface area contributed by atoms with E-state index in [-0.39, 0.29) is 0 Å². The van der Waals surface area contributed by atoms with Crippen LogP contribution in [0.3, 0.4) is 0 Å². The Bertz CT molecular complexity index is 614. The second-order valence-electron chi connectivity index (χ2n) is 8.30. The van der Waals surface area contributed by atoms with Gasteiger partial charge in [-0.1, -0.05) is 18.2 Å². The van der Waals surface area contributed by atoms with Gasteiger partial charge in [-0.05, 0) is 89.8 Å². The van der Waals surface area contributed by atoms with Gasteiger partial charge in [-0.15, -0.1) is 0 Å². The molecule has 0 spiro atoms. The van der Waals surface area contributed by atoms with Crippen LogP contribution in [-0.4, -0.2) is 22.2 Å². The summed E-state index contributed by atoms with van der Waals surface area (Å²) >= 11 is 0. The number of carboxylic acids is 2. The number of carboxylic acid groups (broad SMARTS) is 2. The molecular weight excluding hydrogens is 316 g/mol. The lowest BCUT2D eigenvalue weighted by molar-refractivity contribution is -0.148. The van der Waals surface area contributed by atoms with Crippen LogP contribution in [0.25, 0.3) is 0 Å². The summed E-state index contributed by atoms with van der Waals surface area (Å²) in [6.45, 7) is 9.15. The molecular formula is C21H32O4. The van der Waals surface area contributed by atoms with Gasteiger partial charge in [0.1, 0.15) is 0 Å². The topological polar surface area (TPSA) is 74.6 Å². The minimum atomic E-state index is -0.757. The molecule has 4 nitrogen and oxygen atoms in total. The van der Waals surface area contributed by atoms with E-state index in [0.717, 1.165) is 25.7 Å². The van der Waals surface area contributed by atoms with E-state index in [4.69, 9.17) is 0 Å². The van der Waals surface area contributed by atoms with Gasteiger partial charge in [0.15, 0.2) is 0 Å². The monoisotopic (exact) mass is 348 g/mol. The van der Waals surface area contributed by atoms with Gasteiger partial charge in [0, 0.05) is 0 Å². The van der Waals surface area contributed by atoms with Gasteiger partial charge in [0.2, 0.25) is 0 Å². The predicted octanol–water partition coefficient (Wildman–Crippen LogP) is 4.86. The Labute approximate surface area is 151 Å². The van der Waals surface area contributed by atoms with Crippen molar-refractivity contribution in [3.8, 4) is 0 Å². The highest BCUT2D eigenvalue weighted by Gasteiger charge is 2.27. The zero-order valence-electron chi connectivity index (χ0n) is 16.2. The molecule has 0 aromatic heterocycles. The first-order chi connectivity index (χ1) is 11.5. The lowest BCUT2D eigenvalue weighted by atomic mass is 9.84. The summed E-state index contributed by atoms with van der Waals surface area (Å²) in [6.07, 6.45) is 4.66. The van der Waals surface area contributed by atoms with Crippen molar-refractivity contribution in [3.63, 3.8) is 0 Å². The van der Waals surface area contributed by atoms with Crippen molar-refractivity contribution < 1.29 is 19.8 Å². The van der Waals surface area contributed by atoms with Crippen LogP contribution in [0.5, 0.6) is 0 Å². The van der Waals surface area contributed by atoms with Crippen LogP contribution < -0.4 is 0 Å². The lowest BCUT2D eigenvalue weighted by Gasteiger charge is -2.21. The van der Waals surface area contributed by atoms with Crippen molar-refractivity contribution in [2.75, 3.05) is 0 Å². The summed E-state index contributed by atoms with van der Waals surface area (Å²) in [5, 5.41) is 18.5. The summed E-state index contributed by atoms with van der Waals surface area (Å²) in [5.74, 6) is -1.51. The largest absolute Gasteiger partial charge is 0.481 e. The molecule has 0 bridgehead atoms. The van der Waals surface area contributed by atoms with Crippen LogP contribution >= 0.6 is 0 Å². The molecule has 0 heterocycles. The fraction of sp³-hybridized carbons (Fsp3) is 0.619. The summed E-state index contributed by atoms with van der Waals surface area (Å²) in [4.78, 5) is 22.5. The Morgan fingerprint density at radius 1 is 0.880 bits per heavy atom. The van der Waals surface area contributed by atoms with Crippen LogP contribution in [0, 0.1) is 17.8 Å². The molecule has 2 N–H and O–H groups in total. The summed E-state index contributed by atoms with van der Waals surface area (Å²) in [5.41, 5.74) is 2.37. The van der Waals surface area contributed by atoms with Crippen LogP contribution in [0.1, 0.15) is 70.1 Å². The minimum Gasteiger partial charge on any atom is -0.481 e. The SMILES string of the molecule is Cc1cccc(CCCC(C)(C)C(=O)O)c1CCCC(C)(C)C(=O)O. The Balaban J connectivity index is 2.72. The number of aliphatic carboxylic acids is 2. The first-order valence-electron chi connectivity index (χ1n) is 9.01. The van der Waals surface area contributed by atoms with Gasteiger partial charge in [0.25, 0.3) is 0 Å². The molecule has 0 unspecified atom stereocenters. The van der Waals surface area contributed by atoms with E-state index in [0.29, 0.717) is 12.8 Å². The lowest BCUT2D eigenvalue weighted by Crippen LogP contribution is -2.24. The fourth-order valence-corrected chi connectivity index (χ4v) is 3.00. The molecule has 1 aromatic carbocycles. The van der Waals surface area contributed by atoms with Gasteiger partial charge in [-0.2, -0.15) is 0 Å². The Morgan fingerprint density at radius 3 is 1.84 bits per heavy atom. The van der Waals surface area contributed by atoms with Crippen LogP contribution in [0.2, 0.25) is 0 Å². The van der Waals surface area contributed by atoms with Crippen molar-refractivity contribution in [1.29, 1.82) is 0 Å². The number of benzene rings is 1. The molecule has 1 rings (SSSR count). The van der Waals surface area contributed by atoms with Gasteiger partial charge in [0.05, 0.1) is 10.8 Å². The van der Waals surface area contributed by atoms with Crippen molar-refractivity contribution in [1.82, 2.24) is 0 Å². The third-order valence-electron chi connectivity index (χ3n) is 5.14. The molecule has 0 aliphatic carbocycles. The molecule has 0 aliphatic rings. The second kappa shape index (κ2) is 8.50. The van der Waals surface area contributed by atoms with Gasteiger partial charge < -0.3 is 10.2 Å². The van der Waals surface area contributed by atoms with Crippen molar-refractivity contribution in [2.24, 2.45) is 10.8 Å². The molecule has 140 valence electrons. The molecule has 4 heteroatoms. The maximum Gasteiger partial charge on any atom is 0.309 e. The Morgan fingerprint density at radius 2 is 1.36 bits per heavy atom. The second-order valence-corrected chi connectivity index (χ2v) is 8.30. The quantitative estimate of drug-likeness (QED) is 0.633. The number of aryl methyl sites for hydroxylation is 2. The molecule has 0 saturated heterocycles. The maximum atomic E-state index is 11.2. The van der Waals surface area contributed by atoms with Crippen LogP contribution in [0.4, 0.5) is 0 Å². The summed E-state index contributed by atoms with van der Waals surface area (Å²) in [6, 6.07) is 6.23. The van der Waals surface area contributed by atoms with E-state index in [1.807, 2.05) is 6.07 Å². The average Bonchev–Trinajstić information content (AvgIpc) is 2.49. The average molecular weight is 348 g/mol. The third kappa shape index (κ3) is 6.18.